The standard InChI is InChI=1S/C26H32N4O4S/c1-20(31)30-24-11-10-23(35(33,34)29-12-6-3-7-13-29)18-21(24)19-25(30)26(32)28-16-14-27(15-17-28)22-8-4-2-5-9-22/h2,4-5,8-11,18,25H,3,6-7,12-17,19H2,1H3/t25-/m1/s1. The molecule has 0 radical (unpaired) electrons. The van der Waals surface area contributed by atoms with Crippen molar-refractivity contribution >= 4 is 33.2 Å². The van der Waals surface area contributed by atoms with E-state index >= 15 is 0 Å². The SMILES string of the molecule is CC(=O)N1c2ccc(S(=O)(=O)N3CCCCC3)cc2C[C@@H]1C(=O)N1CCN(c2ccccc2)CC1. The lowest BCUT2D eigenvalue weighted by Gasteiger charge is -2.38. The highest BCUT2D eigenvalue weighted by atomic mass is 32.2. The van der Waals surface area contributed by atoms with Crippen LogP contribution in [0, 0.1) is 0 Å². The molecule has 0 spiro atoms. The Bertz CT molecular complexity index is 1200. The molecule has 2 saturated heterocycles. The first kappa shape index (κ1) is 23.8. The Kier molecular flexibility index (Phi) is 6.55. The summed E-state index contributed by atoms with van der Waals surface area (Å²) in [5, 5.41) is 0. The van der Waals surface area contributed by atoms with Gasteiger partial charge in [-0.2, -0.15) is 4.31 Å². The molecule has 0 unspecified atom stereocenters. The average Bonchev–Trinajstić information content (AvgIpc) is 3.28. The van der Waals surface area contributed by atoms with Gasteiger partial charge in [0.2, 0.25) is 21.8 Å². The number of carbonyl (C=O) groups is 2. The van der Waals surface area contributed by atoms with Crippen LogP contribution in [0.2, 0.25) is 0 Å². The number of rotatable bonds is 4. The summed E-state index contributed by atoms with van der Waals surface area (Å²) in [6.45, 7) is 5.16. The molecule has 8 nitrogen and oxygen atoms in total. The van der Waals surface area contributed by atoms with Crippen LogP contribution >= 0.6 is 0 Å². The molecule has 3 aliphatic rings. The van der Waals surface area contributed by atoms with Crippen molar-refractivity contribution in [3.8, 4) is 0 Å². The molecule has 0 aromatic heterocycles. The number of nitrogens with zero attached hydrogens (tertiary/aromatic N) is 4. The van der Waals surface area contributed by atoms with Crippen molar-refractivity contribution in [3.63, 3.8) is 0 Å². The maximum atomic E-state index is 13.5. The normalized spacial score (nSPS) is 21.2. The summed E-state index contributed by atoms with van der Waals surface area (Å²) >= 11 is 0. The number of carbonyl (C=O) groups excluding carboxylic acids is 2. The van der Waals surface area contributed by atoms with Gasteiger partial charge in [0.15, 0.2) is 0 Å². The van der Waals surface area contributed by atoms with E-state index in [0.29, 0.717) is 38.3 Å². The zero-order chi connectivity index (χ0) is 24.6. The summed E-state index contributed by atoms with van der Waals surface area (Å²) < 4.78 is 27.9. The number of amides is 2. The van der Waals surface area contributed by atoms with Crippen molar-refractivity contribution in [2.75, 3.05) is 49.1 Å². The van der Waals surface area contributed by atoms with E-state index in [2.05, 4.69) is 17.0 Å². The molecule has 2 aromatic rings. The van der Waals surface area contributed by atoms with Crippen LogP contribution in [0.4, 0.5) is 11.4 Å². The van der Waals surface area contributed by atoms with E-state index in [1.54, 1.807) is 27.4 Å². The molecule has 0 bridgehead atoms. The molecule has 5 rings (SSSR count). The van der Waals surface area contributed by atoms with Crippen LogP contribution in [-0.4, -0.2) is 74.7 Å². The molecule has 2 fully saturated rings. The predicted molar refractivity (Wildman–Crippen MR) is 135 cm³/mol. The summed E-state index contributed by atoms with van der Waals surface area (Å²) in [6, 6.07) is 14.4. The van der Waals surface area contributed by atoms with Gasteiger partial charge in [0.25, 0.3) is 0 Å². The van der Waals surface area contributed by atoms with Crippen molar-refractivity contribution in [1.82, 2.24) is 9.21 Å². The Morgan fingerprint density at radius 1 is 0.857 bits per heavy atom. The fourth-order valence-corrected chi connectivity index (χ4v) is 7.03. The Morgan fingerprint density at radius 2 is 1.54 bits per heavy atom. The van der Waals surface area contributed by atoms with Crippen molar-refractivity contribution in [3.05, 3.63) is 54.1 Å². The maximum Gasteiger partial charge on any atom is 0.246 e. The number of fused-ring (bicyclic) bond motifs is 1. The minimum Gasteiger partial charge on any atom is -0.368 e. The molecule has 0 aliphatic carbocycles. The lowest BCUT2D eigenvalue weighted by Crippen LogP contribution is -2.55. The fourth-order valence-electron chi connectivity index (χ4n) is 5.46. The van der Waals surface area contributed by atoms with Gasteiger partial charge >= 0.3 is 0 Å². The largest absolute Gasteiger partial charge is 0.368 e. The van der Waals surface area contributed by atoms with E-state index in [1.165, 1.54) is 6.92 Å². The summed E-state index contributed by atoms with van der Waals surface area (Å²) in [5.74, 6) is -0.291. The molecule has 2 aromatic carbocycles. The Balaban J connectivity index is 1.33. The zero-order valence-corrected chi connectivity index (χ0v) is 20.9. The summed E-state index contributed by atoms with van der Waals surface area (Å²) in [5.41, 5.74) is 2.51. The highest BCUT2D eigenvalue weighted by Crippen LogP contribution is 2.36. The smallest absolute Gasteiger partial charge is 0.246 e. The first-order valence-corrected chi connectivity index (χ1v) is 13.8. The van der Waals surface area contributed by atoms with E-state index in [4.69, 9.17) is 0 Å². The summed E-state index contributed by atoms with van der Waals surface area (Å²) in [7, 11) is -3.58. The number of para-hydroxylation sites is 1. The average molecular weight is 497 g/mol. The molecule has 3 aliphatic heterocycles. The van der Waals surface area contributed by atoms with Gasteiger partial charge in [-0.05, 0) is 48.7 Å². The number of hydrogen-bond donors (Lipinski definition) is 0. The lowest BCUT2D eigenvalue weighted by molar-refractivity contribution is -0.134. The molecule has 9 heteroatoms. The van der Waals surface area contributed by atoms with Crippen molar-refractivity contribution < 1.29 is 18.0 Å². The van der Waals surface area contributed by atoms with E-state index in [1.807, 2.05) is 23.1 Å². The summed E-state index contributed by atoms with van der Waals surface area (Å²) in [4.78, 5) is 32.0. The molecule has 0 saturated carbocycles. The van der Waals surface area contributed by atoms with E-state index in [-0.39, 0.29) is 16.7 Å². The van der Waals surface area contributed by atoms with Crippen molar-refractivity contribution in [1.29, 1.82) is 0 Å². The monoisotopic (exact) mass is 496 g/mol. The second-order valence-corrected chi connectivity index (χ2v) is 11.5. The second kappa shape index (κ2) is 9.62. The first-order valence-electron chi connectivity index (χ1n) is 12.4. The number of hydrogen-bond acceptors (Lipinski definition) is 5. The van der Waals surface area contributed by atoms with Gasteiger partial charge in [0.05, 0.1) is 4.90 Å². The van der Waals surface area contributed by atoms with Gasteiger partial charge in [0.1, 0.15) is 6.04 Å². The van der Waals surface area contributed by atoms with E-state index in [9.17, 15) is 18.0 Å². The second-order valence-electron chi connectivity index (χ2n) is 9.51. The van der Waals surface area contributed by atoms with Crippen LogP contribution < -0.4 is 9.80 Å². The first-order chi connectivity index (χ1) is 16.9. The van der Waals surface area contributed by atoms with Gasteiger partial charge in [-0.25, -0.2) is 8.42 Å². The maximum absolute atomic E-state index is 13.5. The molecular formula is C26H32N4O4S. The lowest BCUT2D eigenvalue weighted by atomic mass is 10.1. The number of sulfonamides is 1. The topological polar surface area (TPSA) is 81.2 Å². The van der Waals surface area contributed by atoms with Crippen LogP contribution in [0.1, 0.15) is 31.7 Å². The zero-order valence-electron chi connectivity index (χ0n) is 20.1. The minimum absolute atomic E-state index is 0.0791. The highest BCUT2D eigenvalue weighted by Gasteiger charge is 2.40. The van der Waals surface area contributed by atoms with Crippen LogP contribution in [0.15, 0.2) is 53.4 Å². The number of anilines is 2. The molecular weight excluding hydrogens is 464 g/mol. The Morgan fingerprint density at radius 3 is 2.20 bits per heavy atom. The Labute approximate surface area is 207 Å². The van der Waals surface area contributed by atoms with Gasteiger partial charge in [-0.3, -0.25) is 14.5 Å². The van der Waals surface area contributed by atoms with Gasteiger partial charge in [-0.15, -0.1) is 0 Å². The predicted octanol–water partition coefficient (Wildman–Crippen LogP) is 2.49. The molecule has 2 amide bonds. The fraction of sp³-hybridized carbons (Fsp3) is 0.462. The minimum atomic E-state index is -3.58. The van der Waals surface area contributed by atoms with Crippen LogP contribution in [0.25, 0.3) is 0 Å². The van der Waals surface area contributed by atoms with Crippen molar-refractivity contribution in [2.45, 2.75) is 43.5 Å². The number of piperazine rings is 1. The van der Waals surface area contributed by atoms with Gasteiger partial charge < -0.3 is 9.80 Å². The molecule has 186 valence electrons. The van der Waals surface area contributed by atoms with E-state index < -0.39 is 16.1 Å². The third kappa shape index (κ3) is 4.54. The van der Waals surface area contributed by atoms with E-state index in [0.717, 1.165) is 43.6 Å². The third-order valence-corrected chi connectivity index (χ3v) is 9.22. The molecule has 35 heavy (non-hydrogen) atoms. The van der Waals surface area contributed by atoms with Crippen LogP contribution in [0.5, 0.6) is 0 Å². The van der Waals surface area contributed by atoms with Gasteiger partial charge in [-0.1, -0.05) is 24.6 Å². The number of benzene rings is 2. The highest BCUT2D eigenvalue weighted by molar-refractivity contribution is 7.89. The van der Waals surface area contributed by atoms with Crippen LogP contribution in [0.3, 0.4) is 0 Å². The quantitative estimate of drug-likeness (QED) is 0.650. The van der Waals surface area contributed by atoms with Crippen molar-refractivity contribution in [2.24, 2.45) is 0 Å². The molecule has 3 heterocycles. The van der Waals surface area contributed by atoms with Gasteiger partial charge in [0, 0.05) is 64.0 Å². The molecule has 1 atom stereocenters. The number of piperidine rings is 1. The summed E-state index contributed by atoms with van der Waals surface area (Å²) in [6.07, 6.45) is 3.12. The van der Waals surface area contributed by atoms with Crippen LogP contribution in [-0.2, 0) is 26.0 Å². The third-order valence-electron chi connectivity index (χ3n) is 7.33. The molecule has 0 N–H and O–H groups in total. The Hall–Kier alpha value is -2.91.